The molecule has 0 amide bonds. The van der Waals surface area contributed by atoms with E-state index < -0.39 is 10.0 Å². The normalized spacial score (nSPS) is 11.5. The van der Waals surface area contributed by atoms with E-state index in [0.717, 1.165) is 4.31 Å². The highest BCUT2D eigenvalue weighted by Crippen LogP contribution is 2.20. The lowest BCUT2D eigenvalue weighted by atomic mass is 10.2. The molecule has 0 atom stereocenters. The molecule has 0 heterocycles. The molecular formula is C11H14N2O3S. The minimum Gasteiger partial charge on any atom is -0.395 e. The van der Waals surface area contributed by atoms with Crippen LogP contribution in [0.3, 0.4) is 0 Å². The van der Waals surface area contributed by atoms with Crippen molar-refractivity contribution in [2.45, 2.75) is 11.8 Å². The van der Waals surface area contributed by atoms with Crippen molar-refractivity contribution in [1.82, 2.24) is 4.31 Å². The molecule has 1 aromatic carbocycles. The van der Waals surface area contributed by atoms with E-state index in [0.29, 0.717) is 11.1 Å². The number of aryl methyl sites for hydroxylation is 1. The maximum absolute atomic E-state index is 12.1. The molecule has 0 radical (unpaired) electrons. The molecule has 0 aromatic heterocycles. The molecule has 1 aromatic rings. The fraction of sp³-hybridized carbons (Fsp3) is 0.364. The Kier molecular flexibility index (Phi) is 4.23. The molecule has 0 spiro atoms. The van der Waals surface area contributed by atoms with Gasteiger partial charge in [-0.05, 0) is 24.6 Å². The molecule has 0 unspecified atom stereocenters. The first-order valence-electron chi connectivity index (χ1n) is 5.01. The van der Waals surface area contributed by atoms with Crippen LogP contribution < -0.4 is 0 Å². The van der Waals surface area contributed by atoms with Crippen LogP contribution in [0.1, 0.15) is 11.1 Å². The molecule has 0 bridgehead atoms. The first kappa shape index (κ1) is 13.6. The first-order valence-corrected chi connectivity index (χ1v) is 6.45. The average Bonchev–Trinajstić information content (AvgIpc) is 2.29. The van der Waals surface area contributed by atoms with E-state index >= 15 is 0 Å². The summed E-state index contributed by atoms with van der Waals surface area (Å²) >= 11 is 0. The van der Waals surface area contributed by atoms with Crippen LogP contribution in [-0.2, 0) is 10.0 Å². The van der Waals surface area contributed by atoms with Gasteiger partial charge in [0.15, 0.2) is 0 Å². The van der Waals surface area contributed by atoms with Crippen LogP contribution in [0.25, 0.3) is 0 Å². The molecule has 5 nitrogen and oxygen atoms in total. The number of likely N-dealkylation sites (N-methyl/N-ethyl adjacent to an activating group) is 1. The molecule has 1 rings (SSSR count). The molecule has 92 valence electrons. The minimum atomic E-state index is -3.64. The van der Waals surface area contributed by atoms with Gasteiger partial charge in [-0.3, -0.25) is 0 Å². The van der Waals surface area contributed by atoms with Crippen molar-refractivity contribution in [2.75, 3.05) is 20.2 Å². The summed E-state index contributed by atoms with van der Waals surface area (Å²) in [6.07, 6.45) is 0. The fourth-order valence-corrected chi connectivity index (χ4v) is 2.79. The Balaban J connectivity index is 3.28. The lowest BCUT2D eigenvalue weighted by molar-refractivity contribution is 0.266. The lowest BCUT2D eigenvalue weighted by Gasteiger charge is -2.17. The number of benzene rings is 1. The van der Waals surface area contributed by atoms with Gasteiger partial charge in [-0.2, -0.15) is 9.57 Å². The van der Waals surface area contributed by atoms with E-state index in [4.69, 9.17) is 10.4 Å². The maximum Gasteiger partial charge on any atom is 0.243 e. The standard InChI is InChI=1S/C11H14N2O3S/c1-9-3-4-10(8-12)7-11(9)17(15,16)13(2)5-6-14/h3-4,7,14H,5-6H2,1-2H3. The van der Waals surface area contributed by atoms with E-state index in [1.807, 2.05) is 6.07 Å². The zero-order valence-electron chi connectivity index (χ0n) is 9.71. The van der Waals surface area contributed by atoms with Crippen LogP contribution in [0.15, 0.2) is 23.1 Å². The largest absolute Gasteiger partial charge is 0.395 e. The second-order valence-electron chi connectivity index (χ2n) is 3.64. The highest BCUT2D eigenvalue weighted by Gasteiger charge is 2.22. The van der Waals surface area contributed by atoms with Gasteiger partial charge in [-0.15, -0.1) is 0 Å². The third-order valence-electron chi connectivity index (χ3n) is 2.42. The first-order chi connectivity index (χ1) is 7.93. The Morgan fingerprint density at radius 1 is 1.47 bits per heavy atom. The molecular weight excluding hydrogens is 240 g/mol. The van der Waals surface area contributed by atoms with Gasteiger partial charge in [-0.1, -0.05) is 6.07 Å². The summed E-state index contributed by atoms with van der Waals surface area (Å²) in [5.41, 5.74) is 0.875. The number of nitriles is 1. The van der Waals surface area contributed by atoms with Crippen molar-refractivity contribution < 1.29 is 13.5 Å². The summed E-state index contributed by atoms with van der Waals surface area (Å²) in [7, 11) is -2.25. The lowest BCUT2D eigenvalue weighted by Crippen LogP contribution is -2.30. The number of rotatable bonds is 4. The van der Waals surface area contributed by atoms with Gasteiger partial charge in [-0.25, -0.2) is 8.42 Å². The second-order valence-corrected chi connectivity index (χ2v) is 5.66. The van der Waals surface area contributed by atoms with Gasteiger partial charge in [0, 0.05) is 13.6 Å². The maximum atomic E-state index is 12.1. The summed E-state index contributed by atoms with van der Waals surface area (Å²) in [4.78, 5) is 0.104. The third kappa shape index (κ3) is 2.82. The molecule has 0 fully saturated rings. The van der Waals surface area contributed by atoms with Crippen molar-refractivity contribution >= 4 is 10.0 Å². The summed E-state index contributed by atoms with van der Waals surface area (Å²) in [6, 6.07) is 6.42. The van der Waals surface area contributed by atoms with Crippen LogP contribution in [0.5, 0.6) is 0 Å². The molecule has 0 saturated carbocycles. The van der Waals surface area contributed by atoms with Gasteiger partial charge in [0.25, 0.3) is 0 Å². The van der Waals surface area contributed by atoms with Crippen molar-refractivity contribution in [2.24, 2.45) is 0 Å². The second kappa shape index (κ2) is 5.27. The quantitative estimate of drug-likeness (QED) is 0.847. The Labute approximate surface area is 101 Å². The van der Waals surface area contributed by atoms with Crippen LogP contribution in [0, 0.1) is 18.3 Å². The topological polar surface area (TPSA) is 81.4 Å². The van der Waals surface area contributed by atoms with Crippen LogP contribution in [0.4, 0.5) is 0 Å². The van der Waals surface area contributed by atoms with Crippen molar-refractivity contribution in [1.29, 1.82) is 5.26 Å². The predicted molar refractivity (Wildman–Crippen MR) is 62.8 cm³/mol. The van der Waals surface area contributed by atoms with Gasteiger partial charge in [0.05, 0.1) is 23.1 Å². The van der Waals surface area contributed by atoms with Gasteiger partial charge in [0.1, 0.15) is 0 Å². The number of sulfonamides is 1. The third-order valence-corrected chi connectivity index (χ3v) is 4.42. The van der Waals surface area contributed by atoms with Crippen LogP contribution in [0.2, 0.25) is 0 Å². The Hall–Kier alpha value is -1.42. The van der Waals surface area contributed by atoms with Crippen LogP contribution >= 0.6 is 0 Å². The Morgan fingerprint density at radius 3 is 2.65 bits per heavy atom. The smallest absolute Gasteiger partial charge is 0.243 e. The summed E-state index contributed by atoms with van der Waals surface area (Å²) in [5.74, 6) is 0. The number of aliphatic hydroxyl groups excluding tert-OH is 1. The SMILES string of the molecule is Cc1ccc(C#N)cc1S(=O)(=O)N(C)CCO. The molecule has 1 N–H and O–H groups in total. The number of nitrogens with zero attached hydrogens (tertiary/aromatic N) is 2. The van der Waals surface area contributed by atoms with Gasteiger partial charge >= 0.3 is 0 Å². The van der Waals surface area contributed by atoms with E-state index in [2.05, 4.69) is 0 Å². The number of aliphatic hydroxyl groups is 1. The van der Waals surface area contributed by atoms with E-state index in [-0.39, 0.29) is 18.0 Å². The highest BCUT2D eigenvalue weighted by molar-refractivity contribution is 7.89. The average molecular weight is 254 g/mol. The Morgan fingerprint density at radius 2 is 2.12 bits per heavy atom. The number of hydrogen-bond donors (Lipinski definition) is 1. The predicted octanol–water partition coefficient (Wildman–Crippen LogP) is 0.480. The van der Waals surface area contributed by atoms with Gasteiger partial charge in [0.2, 0.25) is 10.0 Å². The minimum absolute atomic E-state index is 0.0263. The summed E-state index contributed by atoms with van der Waals surface area (Å²) in [6.45, 7) is 1.45. The Bertz CT molecular complexity index is 546. The monoisotopic (exact) mass is 254 g/mol. The molecule has 6 heteroatoms. The van der Waals surface area contributed by atoms with Crippen molar-refractivity contribution in [3.05, 3.63) is 29.3 Å². The van der Waals surface area contributed by atoms with E-state index in [1.165, 1.54) is 13.1 Å². The summed E-state index contributed by atoms with van der Waals surface area (Å²) < 4.78 is 25.3. The van der Waals surface area contributed by atoms with Crippen LogP contribution in [-0.4, -0.2) is 38.0 Å². The zero-order valence-corrected chi connectivity index (χ0v) is 10.5. The zero-order chi connectivity index (χ0) is 13.1. The van der Waals surface area contributed by atoms with E-state index in [1.54, 1.807) is 19.1 Å². The van der Waals surface area contributed by atoms with Gasteiger partial charge < -0.3 is 5.11 Å². The molecule has 17 heavy (non-hydrogen) atoms. The fourth-order valence-electron chi connectivity index (χ4n) is 1.38. The number of hydrogen-bond acceptors (Lipinski definition) is 4. The molecule has 0 saturated heterocycles. The molecule has 0 aliphatic heterocycles. The molecule has 0 aliphatic rings. The molecule has 0 aliphatic carbocycles. The van der Waals surface area contributed by atoms with E-state index in [9.17, 15) is 8.42 Å². The summed E-state index contributed by atoms with van der Waals surface area (Å²) in [5, 5.41) is 17.5. The van der Waals surface area contributed by atoms with Crippen molar-refractivity contribution in [3.8, 4) is 6.07 Å². The highest BCUT2D eigenvalue weighted by atomic mass is 32.2. The van der Waals surface area contributed by atoms with Crippen molar-refractivity contribution in [3.63, 3.8) is 0 Å².